The Balaban J connectivity index is 2.32. The summed E-state index contributed by atoms with van der Waals surface area (Å²) in [5.74, 6) is -0.958. The summed E-state index contributed by atoms with van der Waals surface area (Å²) in [5, 5.41) is 14.3. The molecule has 0 spiro atoms. The number of carbonyl (C=O) groups excluding carboxylic acids is 1. The average Bonchev–Trinajstić information content (AvgIpc) is 2.76. The summed E-state index contributed by atoms with van der Waals surface area (Å²) in [6.07, 6.45) is 6.51. The van der Waals surface area contributed by atoms with E-state index in [0.29, 0.717) is 6.42 Å². The monoisotopic (exact) mass is 242 g/mol. The minimum atomic E-state index is -0.958. The Kier molecular flexibility index (Phi) is 5.80. The molecule has 3 N–H and O–H groups in total. The van der Waals surface area contributed by atoms with E-state index in [4.69, 9.17) is 5.11 Å². The topological polar surface area (TPSA) is 78.4 Å². The van der Waals surface area contributed by atoms with Crippen LogP contribution in [-0.4, -0.2) is 29.2 Å². The summed E-state index contributed by atoms with van der Waals surface area (Å²) >= 11 is 0. The summed E-state index contributed by atoms with van der Waals surface area (Å²) in [7, 11) is 0. The first-order chi connectivity index (χ1) is 8.13. The van der Waals surface area contributed by atoms with Gasteiger partial charge in [0.15, 0.2) is 0 Å². The molecule has 5 nitrogen and oxygen atoms in total. The molecule has 1 atom stereocenters. The van der Waals surface area contributed by atoms with Crippen molar-refractivity contribution in [2.24, 2.45) is 0 Å². The van der Waals surface area contributed by atoms with Crippen molar-refractivity contribution in [1.82, 2.24) is 10.6 Å². The quantitative estimate of drug-likeness (QED) is 0.665. The second-order valence-electron chi connectivity index (χ2n) is 4.63. The molecule has 1 aliphatic carbocycles. The summed E-state index contributed by atoms with van der Waals surface area (Å²) in [5.41, 5.74) is 0. The summed E-state index contributed by atoms with van der Waals surface area (Å²) in [6.45, 7) is 2.00. The molecule has 1 aliphatic rings. The van der Waals surface area contributed by atoms with E-state index in [1.165, 1.54) is 0 Å². The van der Waals surface area contributed by atoms with Crippen LogP contribution >= 0.6 is 0 Å². The van der Waals surface area contributed by atoms with Gasteiger partial charge in [0.2, 0.25) is 0 Å². The molecule has 2 amide bonds. The Morgan fingerprint density at radius 2 is 2.00 bits per heavy atom. The number of amides is 2. The van der Waals surface area contributed by atoms with Crippen molar-refractivity contribution in [2.75, 3.05) is 0 Å². The van der Waals surface area contributed by atoms with Crippen molar-refractivity contribution >= 4 is 12.0 Å². The lowest BCUT2D eigenvalue weighted by Crippen LogP contribution is -2.48. The summed E-state index contributed by atoms with van der Waals surface area (Å²) < 4.78 is 0. The molecular weight excluding hydrogens is 220 g/mol. The molecular formula is C12H22N2O3. The van der Waals surface area contributed by atoms with Crippen LogP contribution in [-0.2, 0) is 4.79 Å². The number of hydrogen-bond acceptors (Lipinski definition) is 2. The largest absolute Gasteiger partial charge is 0.480 e. The van der Waals surface area contributed by atoms with Gasteiger partial charge in [-0.2, -0.15) is 0 Å². The van der Waals surface area contributed by atoms with Gasteiger partial charge in [0.25, 0.3) is 0 Å². The van der Waals surface area contributed by atoms with Crippen LogP contribution in [0.3, 0.4) is 0 Å². The Bertz CT molecular complexity index is 262. The van der Waals surface area contributed by atoms with E-state index < -0.39 is 12.0 Å². The summed E-state index contributed by atoms with van der Waals surface area (Å²) in [4.78, 5) is 22.5. The third-order valence-electron chi connectivity index (χ3n) is 3.14. The van der Waals surface area contributed by atoms with Gasteiger partial charge < -0.3 is 15.7 Å². The number of aliphatic carboxylic acids is 1. The minimum Gasteiger partial charge on any atom is -0.480 e. The molecule has 17 heavy (non-hydrogen) atoms. The first-order valence-electron chi connectivity index (χ1n) is 6.43. The minimum absolute atomic E-state index is 0.218. The number of hydrogen-bond donors (Lipinski definition) is 3. The van der Waals surface area contributed by atoms with Gasteiger partial charge in [-0.05, 0) is 19.3 Å². The van der Waals surface area contributed by atoms with Crippen molar-refractivity contribution in [3.63, 3.8) is 0 Å². The van der Waals surface area contributed by atoms with Gasteiger partial charge in [-0.3, -0.25) is 0 Å². The van der Waals surface area contributed by atoms with Crippen LogP contribution in [0.4, 0.5) is 4.79 Å². The third kappa shape index (κ3) is 5.06. The molecule has 1 rings (SSSR count). The van der Waals surface area contributed by atoms with Crippen LogP contribution in [0, 0.1) is 0 Å². The van der Waals surface area contributed by atoms with E-state index in [9.17, 15) is 9.59 Å². The van der Waals surface area contributed by atoms with E-state index in [2.05, 4.69) is 10.6 Å². The highest BCUT2D eigenvalue weighted by atomic mass is 16.4. The number of carboxylic acids is 1. The van der Waals surface area contributed by atoms with Gasteiger partial charge in [0.05, 0.1) is 0 Å². The lowest BCUT2D eigenvalue weighted by molar-refractivity contribution is -0.139. The van der Waals surface area contributed by atoms with Crippen molar-refractivity contribution in [3.8, 4) is 0 Å². The number of urea groups is 1. The first-order valence-corrected chi connectivity index (χ1v) is 6.43. The van der Waals surface area contributed by atoms with E-state index in [0.717, 1.165) is 38.5 Å². The molecule has 0 aromatic carbocycles. The van der Waals surface area contributed by atoms with Crippen LogP contribution in [0.5, 0.6) is 0 Å². The normalized spacial score (nSPS) is 17.7. The SMILES string of the molecule is CCCC[C@H](NC(=O)NC1CCCC1)C(=O)O. The van der Waals surface area contributed by atoms with E-state index in [-0.39, 0.29) is 12.1 Å². The molecule has 0 unspecified atom stereocenters. The lowest BCUT2D eigenvalue weighted by Gasteiger charge is -2.17. The highest BCUT2D eigenvalue weighted by molar-refractivity contribution is 5.82. The van der Waals surface area contributed by atoms with Gasteiger partial charge in [-0.1, -0.05) is 32.6 Å². The smallest absolute Gasteiger partial charge is 0.326 e. The van der Waals surface area contributed by atoms with Crippen molar-refractivity contribution in [3.05, 3.63) is 0 Å². The molecule has 5 heteroatoms. The molecule has 0 bridgehead atoms. The maximum absolute atomic E-state index is 11.6. The van der Waals surface area contributed by atoms with Gasteiger partial charge in [0.1, 0.15) is 6.04 Å². The number of carboxylic acid groups (broad SMARTS) is 1. The predicted molar refractivity (Wildman–Crippen MR) is 64.9 cm³/mol. The Morgan fingerprint density at radius 1 is 1.35 bits per heavy atom. The molecule has 0 aromatic rings. The second-order valence-corrected chi connectivity index (χ2v) is 4.63. The van der Waals surface area contributed by atoms with Crippen LogP contribution in [0.2, 0.25) is 0 Å². The van der Waals surface area contributed by atoms with Crippen LogP contribution in [0.25, 0.3) is 0 Å². The first kappa shape index (κ1) is 13.8. The fourth-order valence-electron chi connectivity index (χ4n) is 2.12. The highest BCUT2D eigenvalue weighted by Crippen LogP contribution is 2.17. The van der Waals surface area contributed by atoms with Gasteiger partial charge in [0, 0.05) is 6.04 Å². The molecule has 0 heterocycles. The van der Waals surface area contributed by atoms with Crippen LogP contribution in [0.1, 0.15) is 51.9 Å². The molecule has 1 saturated carbocycles. The van der Waals surface area contributed by atoms with Crippen molar-refractivity contribution in [1.29, 1.82) is 0 Å². The average molecular weight is 242 g/mol. The maximum Gasteiger partial charge on any atom is 0.326 e. The number of nitrogens with one attached hydrogen (secondary N) is 2. The van der Waals surface area contributed by atoms with Gasteiger partial charge >= 0.3 is 12.0 Å². The highest BCUT2D eigenvalue weighted by Gasteiger charge is 2.22. The molecule has 0 saturated heterocycles. The number of carbonyl (C=O) groups is 2. The van der Waals surface area contributed by atoms with E-state index in [1.807, 2.05) is 6.92 Å². The molecule has 0 radical (unpaired) electrons. The zero-order valence-corrected chi connectivity index (χ0v) is 10.4. The zero-order chi connectivity index (χ0) is 12.7. The molecule has 1 fully saturated rings. The fourth-order valence-corrected chi connectivity index (χ4v) is 2.12. The van der Waals surface area contributed by atoms with Crippen LogP contribution < -0.4 is 10.6 Å². The zero-order valence-electron chi connectivity index (χ0n) is 10.4. The fraction of sp³-hybridized carbons (Fsp3) is 0.833. The third-order valence-corrected chi connectivity index (χ3v) is 3.14. The van der Waals surface area contributed by atoms with E-state index in [1.54, 1.807) is 0 Å². The Morgan fingerprint density at radius 3 is 2.53 bits per heavy atom. The lowest BCUT2D eigenvalue weighted by atomic mass is 10.1. The molecule has 0 aromatic heterocycles. The predicted octanol–water partition coefficient (Wildman–Crippen LogP) is 1.87. The van der Waals surface area contributed by atoms with Crippen molar-refractivity contribution in [2.45, 2.75) is 64.0 Å². The number of rotatable bonds is 6. The Hall–Kier alpha value is -1.26. The second kappa shape index (κ2) is 7.14. The number of unbranched alkanes of at least 4 members (excludes halogenated alkanes) is 1. The van der Waals surface area contributed by atoms with Crippen molar-refractivity contribution < 1.29 is 14.7 Å². The maximum atomic E-state index is 11.6. The summed E-state index contributed by atoms with van der Waals surface area (Å²) in [6, 6.07) is -0.896. The Labute approximate surface area is 102 Å². The van der Waals surface area contributed by atoms with Gasteiger partial charge in [-0.25, -0.2) is 9.59 Å². The van der Waals surface area contributed by atoms with Crippen LogP contribution in [0.15, 0.2) is 0 Å². The molecule has 0 aliphatic heterocycles. The molecule has 98 valence electrons. The van der Waals surface area contributed by atoms with E-state index >= 15 is 0 Å². The standard InChI is InChI=1S/C12H22N2O3/c1-2-3-8-10(11(15)16)14-12(17)13-9-6-4-5-7-9/h9-10H,2-8H2,1H3,(H,15,16)(H2,13,14,17)/t10-/m0/s1. The van der Waals surface area contributed by atoms with Gasteiger partial charge in [-0.15, -0.1) is 0 Å².